The van der Waals surface area contributed by atoms with Crippen molar-refractivity contribution in [2.75, 3.05) is 12.4 Å². The first-order chi connectivity index (χ1) is 8.84. The third-order valence-corrected chi connectivity index (χ3v) is 2.53. The Kier molecular flexibility index (Phi) is 4.87. The maximum atomic E-state index is 11.6. The van der Waals surface area contributed by atoms with E-state index in [2.05, 4.69) is 10.1 Å². The van der Waals surface area contributed by atoms with E-state index in [4.69, 9.17) is 0 Å². The third kappa shape index (κ3) is 4.58. The largest absolute Gasteiger partial charge is 0.465 e. The summed E-state index contributed by atoms with van der Waals surface area (Å²) in [6.45, 7) is 5.60. The molecule has 0 aliphatic heterocycles. The van der Waals surface area contributed by atoms with Gasteiger partial charge in [-0.15, -0.1) is 0 Å². The summed E-state index contributed by atoms with van der Waals surface area (Å²) in [6.07, 6.45) is 3.11. The monoisotopic (exact) mass is 261 g/mol. The SMILES string of the molecule is COC(=O)c1ccc(N/C=C/C(=O)C(C)(C)C)cc1. The van der Waals surface area contributed by atoms with Crippen LogP contribution in [0.25, 0.3) is 0 Å². The number of anilines is 1. The number of rotatable bonds is 4. The fourth-order valence-corrected chi connectivity index (χ4v) is 1.28. The molecule has 0 bridgehead atoms. The molecule has 0 fully saturated rings. The number of methoxy groups -OCH3 is 1. The fourth-order valence-electron chi connectivity index (χ4n) is 1.28. The number of hydrogen-bond acceptors (Lipinski definition) is 4. The molecule has 4 nitrogen and oxygen atoms in total. The maximum absolute atomic E-state index is 11.6. The molecule has 1 aromatic carbocycles. The van der Waals surface area contributed by atoms with Crippen molar-refractivity contribution < 1.29 is 14.3 Å². The Hall–Kier alpha value is -2.10. The van der Waals surface area contributed by atoms with Gasteiger partial charge >= 0.3 is 5.97 Å². The molecule has 1 rings (SSSR count). The lowest BCUT2D eigenvalue weighted by Gasteiger charge is -2.13. The lowest BCUT2D eigenvalue weighted by Crippen LogP contribution is -2.17. The third-order valence-electron chi connectivity index (χ3n) is 2.53. The smallest absolute Gasteiger partial charge is 0.337 e. The molecular weight excluding hydrogens is 242 g/mol. The zero-order valence-electron chi connectivity index (χ0n) is 11.7. The van der Waals surface area contributed by atoms with Crippen molar-refractivity contribution in [3.8, 4) is 0 Å². The molecule has 0 atom stereocenters. The van der Waals surface area contributed by atoms with Crippen molar-refractivity contribution in [3.05, 3.63) is 42.1 Å². The van der Waals surface area contributed by atoms with Crippen molar-refractivity contribution >= 4 is 17.4 Å². The predicted molar refractivity (Wildman–Crippen MR) is 75.0 cm³/mol. The van der Waals surface area contributed by atoms with Crippen LogP contribution < -0.4 is 5.32 Å². The number of benzene rings is 1. The first kappa shape index (κ1) is 15.0. The van der Waals surface area contributed by atoms with Gasteiger partial charge in [0.15, 0.2) is 5.78 Å². The number of ketones is 1. The van der Waals surface area contributed by atoms with Gasteiger partial charge in [0, 0.05) is 17.3 Å². The molecule has 4 heteroatoms. The minimum absolute atomic E-state index is 0.0474. The Morgan fingerprint density at radius 1 is 1.16 bits per heavy atom. The molecule has 0 unspecified atom stereocenters. The molecule has 0 aromatic heterocycles. The van der Waals surface area contributed by atoms with Crippen LogP contribution in [-0.4, -0.2) is 18.9 Å². The second-order valence-corrected chi connectivity index (χ2v) is 5.16. The molecule has 0 aliphatic rings. The van der Waals surface area contributed by atoms with Crippen LogP contribution >= 0.6 is 0 Å². The van der Waals surface area contributed by atoms with E-state index in [1.807, 2.05) is 20.8 Å². The number of hydrogen-bond donors (Lipinski definition) is 1. The van der Waals surface area contributed by atoms with E-state index in [0.29, 0.717) is 5.56 Å². The average molecular weight is 261 g/mol. The van der Waals surface area contributed by atoms with Gasteiger partial charge in [0.05, 0.1) is 12.7 Å². The van der Waals surface area contributed by atoms with E-state index in [-0.39, 0.29) is 17.2 Å². The Bertz CT molecular complexity index is 481. The Balaban J connectivity index is 2.62. The number of ether oxygens (including phenoxy) is 1. The van der Waals surface area contributed by atoms with Crippen molar-refractivity contribution in [2.45, 2.75) is 20.8 Å². The summed E-state index contributed by atoms with van der Waals surface area (Å²) < 4.78 is 4.61. The summed E-state index contributed by atoms with van der Waals surface area (Å²) in [4.78, 5) is 22.9. The Morgan fingerprint density at radius 2 is 1.74 bits per heavy atom. The summed E-state index contributed by atoms with van der Waals surface area (Å²) in [7, 11) is 1.34. The summed E-state index contributed by atoms with van der Waals surface area (Å²) in [6, 6.07) is 6.82. The number of carbonyl (C=O) groups excluding carboxylic acids is 2. The molecule has 1 aromatic rings. The lowest BCUT2D eigenvalue weighted by molar-refractivity contribution is -0.121. The van der Waals surface area contributed by atoms with Crippen LogP contribution in [0.3, 0.4) is 0 Å². The van der Waals surface area contributed by atoms with Gasteiger partial charge in [-0.05, 0) is 30.3 Å². The zero-order chi connectivity index (χ0) is 14.5. The normalized spacial score (nSPS) is 11.4. The highest BCUT2D eigenvalue weighted by Crippen LogP contribution is 2.15. The van der Waals surface area contributed by atoms with Gasteiger partial charge in [-0.25, -0.2) is 4.79 Å². The van der Waals surface area contributed by atoms with Crippen LogP contribution in [0.2, 0.25) is 0 Å². The van der Waals surface area contributed by atoms with Gasteiger partial charge in [-0.1, -0.05) is 20.8 Å². The second-order valence-electron chi connectivity index (χ2n) is 5.16. The van der Waals surface area contributed by atoms with E-state index in [0.717, 1.165) is 5.69 Å². The van der Waals surface area contributed by atoms with Gasteiger partial charge < -0.3 is 10.1 Å². The van der Waals surface area contributed by atoms with Crippen molar-refractivity contribution in [1.82, 2.24) is 0 Å². The summed E-state index contributed by atoms with van der Waals surface area (Å²) in [5.74, 6) is -0.323. The molecule has 0 saturated carbocycles. The van der Waals surface area contributed by atoms with Crippen LogP contribution in [-0.2, 0) is 9.53 Å². The van der Waals surface area contributed by atoms with Crippen LogP contribution in [0.1, 0.15) is 31.1 Å². The van der Waals surface area contributed by atoms with E-state index < -0.39 is 0 Å². The van der Waals surface area contributed by atoms with Gasteiger partial charge in [-0.3, -0.25) is 4.79 Å². The standard InChI is InChI=1S/C15H19NO3/c1-15(2,3)13(17)9-10-16-12-7-5-11(6-8-12)14(18)19-4/h5-10,16H,1-4H3/b10-9+. The summed E-state index contributed by atoms with van der Waals surface area (Å²) in [5.41, 5.74) is 0.904. The number of allylic oxidation sites excluding steroid dienone is 1. The molecule has 0 amide bonds. The van der Waals surface area contributed by atoms with E-state index >= 15 is 0 Å². The molecule has 0 radical (unpaired) electrons. The fraction of sp³-hybridized carbons (Fsp3) is 0.333. The van der Waals surface area contributed by atoms with Crippen LogP contribution in [0.4, 0.5) is 5.69 Å². The van der Waals surface area contributed by atoms with Gasteiger partial charge in [0.25, 0.3) is 0 Å². The zero-order valence-corrected chi connectivity index (χ0v) is 11.7. The van der Waals surface area contributed by atoms with Crippen LogP contribution in [0.15, 0.2) is 36.5 Å². The average Bonchev–Trinajstić information content (AvgIpc) is 2.37. The molecule has 0 spiro atoms. The highest BCUT2D eigenvalue weighted by molar-refractivity contribution is 5.94. The molecule has 0 saturated heterocycles. The topological polar surface area (TPSA) is 55.4 Å². The van der Waals surface area contributed by atoms with Crippen LogP contribution in [0.5, 0.6) is 0 Å². The quantitative estimate of drug-likeness (QED) is 0.668. The van der Waals surface area contributed by atoms with Crippen molar-refractivity contribution in [2.24, 2.45) is 5.41 Å². The Labute approximate surface area is 113 Å². The van der Waals surface area contributed by atoms with E-state index in [9.17, 15) is 9.59 Å². The van der Waals surface area contributed by atoms with Crippen molar-refractivity contribution in [3.63, 3.8) is 0 Å². The first-order valence-corrected chi connectivity index (χ1v) is 6.00. The van der Waals surface area contributed by atoms with Gasteiger partial charge in [-0.2, -0.15) is 0 Å². The number of carbonyl (C=O) groups is 2. The van der Waals surface area contributed by atoms with Gasteiger partial charge in [0.1, 0.15) is 0 Å². The summed E-state index contributed by atoms with van der Waals surface area (Å²) >= 11 is 0. The van der Waals surface area contributed by atoms with E-state index in [1.165, 1.54) is 13.2 Å². The lowest BCUT2D eigenvalue weighted by atomic mass is 9.91. The highest BCUT2D eigenvalue weighted by Gasteiger charge is 2.17. The number of esters is 1. The maximum Gasteiger partial charge on any atom is 0.337 e. The molecule has 19 heavy (non-hydrogen) atoms. The molecular formula is C15H19NO3. The first-order valence-electron chi connectivity index (χ1n) is 6.00. The number of nitrogens with one attached hydrogen (secondary N) is 1. The predicted octanol–water partition coefficient (Wildman–Crippen LogP) is 3.01. The highest BCUT2D eigenvalue weighted by atomic mass is 16.5. The molecule has 0 heterocycles. The second kappa shape index (κ2) is 6.18. The minimum atomic E-state index is -0.382. The molecule has 0 aliphatic carbocycles. The van der Waals surface area contributed by atoms with Gasteiger partial charge in [0.2, 0.25) is 0 Å². The van der Waals surface area contributed by atoms with E-state index in [1.54, 1.807) is 30.5 Å². The molecule has 102 valence electrons. The summed E-state index contributed by atoms with van der Waals surface area (Å²) in [5, 5.41) is 2.98. The van der Waals surface area contributed by atoms with Crippen molar-refractivity contribution in [1.29, 1.82) is 0 Å². The minimum Gasteiger partial charge on any atom is -0.465 e. The van der Waals surface area contributed by atoms with Crippen LogP contribution in [0, 0.1) is 5.41 Å². The Morgan fingerprint density at radius 3 is 2.21 bits per heavy atom. The molecule has 1 N–H and O–H groups in total.